The molecule has 1 saturated heterocycles. The van der Waals surface area contributed by atoms with Gasteiger partial charge >= 0.3 is 0 Å². The lowest BCUT2D eigenvalue weighted by Crippen LogP contribution is -2.19. The Bertz CT molecular complexity index is 803. The highest BCUT2D eigenvalue weighted by atomic mass is 32.2. The number of phenolic OH excluding ortho intramolecular Hbond substituents is 1. The Kier molecular flexibility index (Phi) is 4.29. The summed E-state index contributed by atoms with van der Waals surface area (Å²) in [4.78, 5) is 20.8. The molecule has 6 nitrogen and oxygen atoms in total. The third kappa shape index (κ3) is 3.51. The van der Waals surface area contributed by atoms with Crippen molar-refractivity contribution in [2.45, 2.75) is 0 Å². The van der Waals surface area contributed by atoms with E-state index in [0.717, 1.165) is 5.56 Å². The van der Waals surface area contributed by atoms with Gasteiger partial charge in [0, 0.05) is 6.20 Å². The van der Waals surface area contributed by atoms with E-state index in [1.807, 2.05) is 0 Å². The average Bonchev–Trinajstić information content (AvgIpc) is 2.89. The molecular formula is C16H13N3O3S. The Hall–Kier alpha value is -2.80. The van der Waals surface area contributed by atoms with Gasteiger partial charge < -0.3 is 15.2 Å². The van der Waals surface area contributed by atoms with Gasteiger partial charge in [-0.25, -0.2) is 4.99 Å². The van der Waals surface area contributed by atoms with Crippen LogP contribution in [0, 0.1) is 0 Å². The largest absolute Gasteiger partial charge is 0.504 e. The second-order valence-corrected chi connectivity index (χ2v) is 5.65. The fourth-order valence-electron chi connectivity index (χ4n) is 1.95. The summed E-state index contributed by atoms with van der Waals surface area (Å²) in [6.07, 6.45) is 4.99. The van der Waals surface area contributed by atoms with E-state index in [9.17, 15) is 9.90 Å². The van der Waals surface area contributed by atoms with Gasteiger partial charge in [-0.1, -0.05) is 6.07 Å². The van der Waals surface area contributed by atoms with Crippen LogP contribution in [-0.4, -0.2) is 28.3 Å². The van der Waals surface area contributed by atoms with E-state index >= 15 is 0 Å². The van der Waals surface area contributed by atoms with Gasteiger partial charge in [0.15, 0.2) is 16.7 Å². The lowest BCUT2D eigenvalue weighted by Gasteiger charge is -2.03. The number of methoxy groups -OCH3 is 1. The van der Waals surface area contributed by atoms with Gasteiger partial charge in [-0.3, -0.25) is 9.78 Å². The topological polar surface area (TPSA) is 83.8 Å². The molecule has 2 aromatic rings. The summed E-state index contributed by atoms with van der Waals surface area (Å²) in [6.45, 7) is 0. The molecule has 1 aliphatic heterocycles. The first-order valence-electron chi connectivity index (χ1n) is 6.72. The number of pyridine rings is 1. The molecule has 0 bridgehead atoms. The van der Waals surface area contributed by atoms with Gasteiger partial charge in [0.05, 0.1) is 23.9 Å². The van der Waals surface area contributed by atoms with E-state index in [1.54, 1.807) is 42.7 Å². The first-order valence-corrected chi connectivity index (χ1v) is 7.54. The summed E-state index contributed by atoms with van der Waals surface area (Å²) < 4.78 is 5.06. The summed E-state index contributed by atoms with van der Waals surface area (Å²) in [7, 11) is 1.47. The molecule has 0 atom stereocenters. The minimum atomic E-state index is -0.218. The molecule has 23 heavy (non-hydrogen) atoms. The molecule has 0 unspecified atom stereocenters. The van der Waals surface area contributed by atoms with Crippen LogP contribution in [0.4, 0.5) is 5.69 Å². The normalized spacial score (nSPS) is 17.5. The molecule has 116 valence electrons. The van der Waals surface area contributed by atoms with Gasteiger partial charge in [0.1, 0.15) is 0 Å². The lowest BCUT2D eigenvalue weighted by atomic mass is 10.2. The summed E-state index contributed by atoms with van der Waals surface area (Å²) in [5.74, 6) is 0.189. The van der Waals surface area contributed by atoms with Gasteiger partial charge in [-0.2, -0.15) is 0 Å². The first-order chi connectivity index (χ1) is 11.2. The number of amidine groups is 1. The summed E-state index contributed by atoms with van der Waals surface area (Å²) in [5.41, 5.74) is 1.42. The monoisotopic (exact) mass is 327 g/mol. The number of hydrogen-bond acceptors (Lipinski definition) is 6. The number of rotatable bonds is 3. The molecular weight excluding hydrogens is 314 g/mol. The molecule has 0 saturated carbocycles. The highest BCUT2D eigenvalue weighted by Gasteiger charge is 2.23. The zero-order chi connectivity index (χ0) is 16.2. The maximum absolute atomic E-state index is 12.0. The number of benzene rings is 1. The molecule has 1 fully saturated rings. The minimum absolute atomic E-state index is 0.0528. The Morgan fingerprint density at radius 2 is 2.26 bits per heavy atom. The van der Waals surface area contributed by atoms with Crippen LogP contribution in [0.3, 0.4) is 0 Å². The fourth-order valence-corrected chi connectivity index (χ4v) is 2.79. The Morgan fingerprint density at radius 3 is 3.00 bits per heavy atom. The van der Waals surface area contributed by atoms with Crippen molar-refractivity contribution in [1.82, 2.24) is 10.3 Å². The standard InChI is InChI=1S/C16H13N3O3S/c1-22-13-7-10(4-5-12(13)20)8-14-15(21)19-16(23-14)18-11-3-2-6-17-9-11/h2-9,20H,1H3,(H,18,19,21)/b14-8-. The van der Waals surface area contributed by atoms with Crippen molar-refractivity contribution in [3.63, 3.8) is 0 Å². The fraction of sp³-hybridized carbons (Fsp3) is 0.0625. The number of carbonyl (C=O) groups is 1. The molecule has 2 heterocycles. The summed E-state index contributed by atoms with van der Waals surface area (Å²) in [5, 5.41) is 12.8. The van der Waals surface area contributed by atoms with Gasteiger partial charge in [-0.15, -0.1) is 0 Å². The van der Waals surface area contributed by atoms with Gasteiger partial charge in [0.2, 0.25) is 0 Å². The molecule has 1 amide bonds. The Balaban J connectivity index is 1.84. The number of phenols is 1. The van der Waals surface area contributed by atoms with Crippen molar-refractivity contribution in [1.29, 1.82) is 0 Å². The van der Waals surface area contributed by atoms with E-state index in [0.29, 0.717) is 21.5 Å². The van der Waals surface area contributed by atoms with Crippen LogP contribution in [0.25, 0.3) is 6.08 Å². The zero-order valence-corrected chi connectivity index (χ0v) is 13.0. The third-order valence-corrected chi connectivity index (χ3v) is 3.94. The Labute approximate surface area is 136 Å². The van der Waals surface area contributed by atoms with Crippen molar-refractivity contribution >= 4 is 34.6 Å². The maximum Gasteiger partial charge on any atom is 0.264 e. The molecule has 2 N–H and O–H groups in total. The van der Waals surface area contributed by atoms with E-state index in [-0.39, 0.29) is 11.7 Å². The van der Waals surface area contributed by atoms with E-state index in [4.69, 9.17) is 4.74 Å². The number of nitrogens with one attached hydrogen (secondary N) is 1. The van der Waals surface area contributed by atoms with Crippen LogP contribution in [0.2, 0.25) is 0 Å². The molecule has 7 heteroatoms. The van der Waals surface area contributed by atoms with Crippen LogP contribution >= 0.6 is 11.8 Å². The second-order valence-electron chi connectivity index (χ2n) is 4.62. The predicted octanol–water partition coefficient (Wildman–Crippen LogP) is 2.69. The quantitative estimate of drug-likeness (QED) is 0.847. The van der Waals surface area contributed by atoms with Crippen molar-refractivity contribution in [3.05, 3.63) is 53.2 Å². The van der Waals surface area contributed by atoms with Crippen LogP contribution in [-0.2, 0) is 4.79 Å². The van der Waals surface area contributed by atoms with Crippen molar-refractivity contribution < 1.29 is 14.6 Å². The Morgan fingerprint density at radius 1 is 1.39 bits per heavy atom. The number of amides is 1. The lowest BCUT2D eigenvalue weighted by molar-refractivity contribution is -0.115. The van der Waals surface area contributed by atoms with Crippen LogP contribution in [0.15, 0.2) is 52.6 Å². The summed E-state index contributed by atoms with van der Waals surface area (Å²) in [6, 6.07) is 8.47. The molecule has 0 aliphatic carbocycles. The minimum Gasteiger partial charge on any atom is -0.504 e. The molecule has 1 aromatic carbocycles. The summed E-state index contributed by atoms with van der Waals surface area (Å²) >= 11 is 1.25. The number of aromatic nitrogens is 1. The molecule has 0 radical (unpaired) electrons. The second kappa shape index (κ2) is 6.53. The zero-order valence-electron chi connectivity index (χ0n) is 12.2. The van der Waals surface area contributed by atoms with Gasteiger partial charge in [-0.05, 0) is 47.7 Å². The van der Waals surface area contributed by atoms with E-state index < -0.39 is 0 Å². The van der Waals surface area contributed by atoms with Crippen molar-refractivity contribution in [2.24, 2.45) is 4.99 Å². The molecule has 0 spiro atoms. The number of ether oxygens (including phenoxy) is 1. The highest BCUT2D eigenvalue weighted by molar-refractivity contribution is 8.18. The number of aliphatic imine (C=N–C) groups is 1. The van der Waals surface area contributed by atoms with Crippen molar-refractivity contribution in [3.8, 4) is 11.5 Å². The molecule has 1 aromatic heterocycles. The average molecular weight is 327 g/mol. The van der Waals surface area contributed by atoms with Crippen LogP contribution < -0.4 is 10.1 Å². The smallest absolute Gasteiger partial charge is 0.264 e. The van der Waals surface area contributed by atoms with Crippen molar-refractivity contribution in [2.75, 3.05) is 7.11 Å². The van der Waals surface area contributed by atoms with Gasteiger partial charge in [0.25, 0.3) is 5.91 Å². The number of nitrogens with zero attached hydrogens (tertiary/aromatic N) is 2. The molecule has 1 aliphatic rings. The number of carbonyl (C=O) groups excluding carboxylic acids is 1. The number of aromatic hydroxyl groups is 1. The first kappa shape index (κ1) is 15.1. The maximum atomic E-state index is 12.0. The molecule has 3 rings (SSSR count). The SMILES string of the molecule is COc1cc(/C=C2\SC(=Nc3cccnc3)NC2=O)ccc1O. The third-order valence-electron chi connectivity index (χ3n) is 3.03. The highest BCUT2D eigenvalue weighted by Crippen LogP contribution is 2.31. The van der Waals surface area contributed by atoms with Crippen LogP contribution in [0.1, 0.15) is 5.56 Å². The number of thioether (sulfide) groups is 1. The van der Waals surface area contributed by atoms with Crippen LogP contribution in [0.5, 0.6) is 11.5 Å². The van der Waals surface area contributed by atoms with E-state index in [2.05, 4.69) is 15.3 Å². The number of hydrogen-bond donors (Lipinski definition) is 2. The van der Waals surface area contributed by atoms with E-state index in [1.165, 1.54) is 24.9 Å². The predicted molar refractivity (Wildman–Crippen MR) is 89.7 cm³/mol.